The molecule has 0 fully saturated rings. The molecule has 0 heterocycles. The van der Waals surface area contributed by atoms with Crippen molar-refractivity contribution in [3.05, 3.63) is 11.8 Å². The molecule has 1 aliphatic rings. The second kappa shape index (κ2) is 7.66. The lowest BCUT2D eigenvalue weighted by molar-refractivity contribution is -0.117. The first kappa shape index (κ1) is 17.0. The Balaban J connectivity index is 2.89. The molecule has 1 N–H and O–H groups in total. The highest BCUT2D eigenvalue weighted by Gasteiger charge is 2.29. The summed E-state index contributed by atoms with van der Waals surface area (Å²) in [5, 5.41) is 0.826. The van der Waals surface area contributed by atoms with Gasteiger partial charge >= 0.3 is 12.2 Å². The molecule has 118 valence electrons. The maximum Gasteiger partial charge on any atom is 0.433 e. The maximum atomic E-state index is 12.1. The normalized spacial score (nSPS) is 14.8. The Hall–Kier alpha value is -2.05. The summed E-state index contributed by atoms with van der Waals surface area (Å²) < 4.78 is 9.97. The molecule has 7 heteroatoms. The van der Waals surface area contributed by atoms with E-state index in [0.717, 1.165) is 11.4 Å². The third kappa shape index (κ3) is 5.45. The first-order chi connectivity index (χ1) is 9.81. The number of ketones is 1. The van der Waals surface area contributed by atoms with Crippen molar-refractivity contribution >= 4 is 18.0 Å². The van der Waals surface area contributed by atoms with Crippen LogP contribution in [0.25, 0.3) is 0 Å². The summed E-state index contributed by atoms with van der Waals surface area (Å²) in [4.78, 5) is 35.7. The summed E-state index contributed by atoms with van der Waals surface area (Å²) in [7, 11) is 0. The molecule has 0 bridgehead atoms. The molecule has 0 spiro atoms. The Kier molecular flexibility index (Phi) is 6.20. The number of ether oxygens (including phenoxy) is 2. The topological polar surface area (TPSA) is 84.9 Å². The fourth-order valence-electron chi connectivity index (χ4n) is 1.75. The molecule has 0 radical (unpaired) electrons. The van der Waals surface area contributed by atoms with Crippen molar-refractivity contribution in [1.82, 2.24) is 10.4 Å². The molecule has 0 aromatic heterocycles. The van der Waals surface area contributed by atoms with Gasteiger partial charge in [-0.3, -0.25) is 4.79 Å². The van der Waals surface area contributed by atoms with E-state index >= 15 is 0 Å². The van der Waals surface area contributed by atoms with Crippen molar-refractivity contribution in [3.8, 4) is 0 Å². The van der Waals surface area contributed by atoms with Gasteiger partial charge in [0.05, 0.1) is 12.2 Å². The molecule has 21 heavy (non-hydrogen) atoms. The Bertz CT molecular complexity index is 443. The summed E-state index contributed by atoms with van der Waals surface area (Å²) in [6, 6.07) is 0. The second-order valence-corrected chi connectivity index (χ2v) is 5.24. The van der Waals surface area contributed by atoms with Crippen LogP contribution in [0, 0.1) is 0 Å². The van der Waals surface area contributed by atoms with Crippen molar-refractivity contribution in [3.63, 3.8) is 0 Å². The van der Waals surface area contributed by atoms with Crippen LogP contribution < -0.4 is 5.43 Å². The molecule has 1 rings (SSSR count). The van der Waals surface area contributed by atoms with Crippen LogP contribution in [0.2, 0.25) is 0 Å². The van der Waals surface area contributed by atoms with Gasteiger partial charge in [0.2, 0.25) is 0 Å². The van der Waals surface area contributed by atoms with Crippen LogP contribution in [0.5, 0.6) is 0 Å². The molecule has 1 aliphatic carbocycles. The number of carbonyl (C=O) groups excluding carboxylic acids is 3. The van der Waals surface area contributed by atoms with Gasteiger partial charge < -0.3 is 9.47 Å². The smallest absolute Gasteiger partial charge is 0.433 e. The molecule has 2 amide bonds. The van der Waals surface area contributed by atoms with Gasteiger partial charge in [-0.25, -0.2) is 15.0 Å². The minimum atomic E-state index is -0.815. The van der Waals surface area contributed by atoms with E-state index in [9.17, 15) is 14.4 Å². The standard InChI is InChI=1S/C14H22N2O5/c1-9(2)20-13(18)15-16(14(19)21-10(3)4)11-7-5-6-8-12(11)17/h7,9-10H,5-6,8H2,1-4H3,(H,15,18). The first-order valence-corrected chi connectivity index (χ1v) is 7.02. The van der Waals surface area contributed by atoms with Gasteiger partial charge in [0.15, 0.2) is 5.78 Å². The number of hydrogen-bond acceptors (Lipinski definition) is 5. The number of carbonyl (C=O) groups is 3. The molecule has 0 unspecified atom stereocenters. The lowest BCUT2D eigenvalue weighted by Gasteiger charge is -2.26. The predicted octanol–water partition coefficient (Wildman–Crippen LogP) is 2.52. The van der Waals surface area contributed by atoms with Crippen molar-refractivity contribution in [2.75, 3.05) is 0 Å². The Morgan fingerprint density at radius 3 is 2.33 bits per heavy atom. The zero-order valence-electron chi connectivity index (χ0n) is 12.8. The lowest BCUT2D eigenvalue weighted by atomic mass is 10.0. The second-order valence-electron chi connectivity index (χ2n) is 5.24. The van der Waals surface area contributed by atoms with E-state index in [1.54, 1.807) is 33.8 Å². The van der Waals surface area contributed by atoms with Crippen LogP contribution in [0.3, 0.4) is 0 Å². The van der Waals surface area contributed by atoms with E-state index in [4.69, 9.17) is 9.47 Å². The number of hydrogen-bond donors (Lipinski definition) is 1. The minimum absolute atomic E-state index is 0.118. The molecular formula is C14H22N2O5. The van der Waals surface area contributed by atoms with Crippen molar-refractivity contribution < 1.29 is 23.9 Å². The van der Waals surface area contributed by atoms with Gasteiger partial charge in [0.25, 0.3) is 0 Å². The van der Waals surface area contributed by atoms with Gasteiger partial charge in [0, 0.05) is 6.42 Å². The highest BCUT2D eigenvalue weighted by Crippen LogP contribution is 2.18. The lowest BCUT2D eigenvalue weighted by Crippen LogP contribution is -2.49. The van der Waals surface area contributed by atoms with Crippen LogP contribution in [-0.2, 0) is 14.3 Å². The number of allylic oxidation sites excluding steroid dienone is 2. The molecule has 0 saturated heterocycles. The molecule has 0 saturated carbocycles. The van der Waals surface area contributed by atoms with E-state index in [1.165, 1.54) is 0 Å². The van der Waals surface area contributed by atoms with Gasteiger partial charge in [-0.2, -0.15) is 5.01 Å². The van der Waals surface area contributed by atoms with Crippen LogP contribution in [0.1, 0.15) is 47.0 Å². The number of hydrazine groups is 1. The third-order valence-corrected chi connectivity index (χ3v) is 2.54. The zero-order valence-corrected chi connectivity index (χ0v) is 12.8. The monoisotopic (exact) mass is 298 g/mol. The Labute approximate surface area is 124 Å². The van der Waals surface area contributed by atoms with Crippen molar-refractivity contribution in [2.45, 2.75) is 59.2 Å². The Morgan fingerprint density at radius 2 is 1.81 bits per heavy atom. The summed E-state index contributed by atoms with van der Waals surface area (Å²) in [6.07, 6.45) is 0.990. The number of nitrogens with one attached hydrogen (secondary N) is 1. The highest BCUT2D eigenvalue weighted by molar-refractivity contribution is 5.98. The van der Waals surface area contributed by atoms with Crippen LogP contribution in [-0.4, -0.2) is 35.2 Å². The average Bonchev–Trinajstić information content (AvgIpc) is 2.35. The molecular weight excluding hydrogens is 276 g/mol. The van der Waals surface area contributed by atoms with E-state index in [1.807, 2.05) is 0 Å². The molecule has 0 aromatic rings. The largest absolute Gasteiger partial charge is 0.446 e. The van der Waals surface area contributed by atoms with E-state index in [0.29, 0.717) is 12.8 Å². The van der Waals surface area contributed by atoms with E-state index in [2.05, 4.69) is 5.43 Å². The number of amides is 2. The van der Waals surface area contributed by atoms with Crippen molar-refractivity contribution in [2.24, 2.45) is 0 Å². The SMILES string of the molecule is CC(C)OC(=O)NN(C(=O)OC(C)C)C1=CCCCC1=O. The van der Waals surface area contributed by atoms with Crippen LogP contribution in [0.4, 0.5) is 9.59 Å². The van der Waals surface area contributed by atoms with Crippen LogP contribution in [0.15, 0.2) is 11.8 Å². The average molecular weight is 298 g/mol. The molecule has 7 nitrogen and oxygen atoms in total. The van der Waals surface area contributed by atoms with Gasteiger partial charge in [-0.05, 0) is 40.5 Å². The highest BCUT2D eigenvalue weighted by atomic mass is 16.6. The third-order valence-electron chi connectivity index (χ3n) is 2.54. The molecule has 0 atom stereocenters. The number of Topliss-reactive ketones (excluding diaryl/α,β-unsaturated/α-hetero) is 1. The van der Waals surface area contributed by atoms with Gasteiger partial charge in [0.1, 0.15) is 5.70 Å². The van der Waals surface area contributed by atoms with Gasteiger partial charge in [-0.15, -0.1) is 0 Å². The van der Waals surface area contributed by atoms with E-state index < -0.39 is 12.2 Å². The summed E-state index contributed by atoms with van der Waals surface area (Å²) in [5.41, 5.74) is 2.38. The summed E-state index contributed by atoms with van der Waals surface area (Å²) >= 11 is 0. The molecule has 0 aromatic carbocycles. The predicted molar refractivity (Wildman–Crippen MR) is 75.1 cm³/mol. The van der Waals surface area contributed by atoms with Crippen molar-refractivity contribution in [1.29, 1.82) is 0 Å². The first-order valence-electron chi connectivity index (χ1n) is 7.02. The number of rotatable bonds is 3. The Morgan fingerprint density at radius 1 is 1.19 bits per heavy atom. The van der Waals surface area contributed by atoms with Gasteiger partial charge in [-0.1, -0.05) is 6.08 Å². The van der Waals surface area contributed by atoms with E-state index in [-0.39, 0.29) is 23.7 Å². The molecule has 0 aliphatic heterocycles. The minimum Gasteiger partial charge on any atom is -0.446 e. The number of nitrogens with zero attached hydrogens (tertiary/aromatic N) is 1. The summed E-state index contributed by atoms with van der Waals surface area (Å²) in [5.74, 6) is -0.216. The summed E-state index contributed by atoms with van der Waals surface area (Å²) in [6.45, 7) is 6.72. The zero-order chi connectivity index (χ0) is 16.0. The quantitative estimate of drug-likeness (QED) is 0.809. The fourth-order valence-corrected chi connectivity index (χ4v) is 1.75. The van der Waals surface area contributed by atoms with Crippen LogP contribution >= 0.6 is 0 Å². The fraction of sp³-hybridized carbons (Fsp3) is 0.643. The maximum absolute atomic E-state index is 12.1.